The molecule has 0 aromatic heterocycles. The Morgan fingerprint density at radius 3 is 2.73 bits per heavy atom. The fourth-order valence-corrected chi connectivity index (χ4v) is 2.96. The molecule has 0 heterocycles. The van der Waals surface area contributed by atoms with Gasteiger partial charge in [0.05, 0.1) is 13.2 Å². The maximum atomic E-state index is 11.7. The number of amides is 1. The molecule has 3 nitrogen and oxygen atoms in total. The van der Waals surface area contributed by atoms with Crippen molar-refractivity contribution in [3.05, 3.63) is 0 Å². The Bertz CT molecular complexity index is 225. The molecule has 15 heavy (non-hydrogen) atoms. The monoisotopic (exact) mass is 275 g/mol. The van der Waals surface area contributed by atoms with Gasteiger partial charge in [-0.1, -0.05) is 22.4 Å². The van der Waals surface area contributed by atoms with E-state index in [4.69, 9.17) is 4.74 Å². The van der Waals surface area contributed by atoms with Crippen LogP contribution in [0.3, 0.4) is 0 Å². The van der Waals surface area contributed by atoms with Gasteiger partial charge in [-0.3, -0.25) is 4.79 Å². The molecule has 86 valence electrons. The molecule has 2 unspecified atom stereocenters. The number of halogens is 1. The number of carbonyl (C=O) groups is 1. The first-order valence-corrected chi connectivity index (χ1v) is 6.88. The van der Waals surface area contributed by atoms with Crippen molar-refractivity contribution in [2.45, 2.75) is 19.3 Å². The summed E-state index contributed by atoms with van der Waals surface area (Å²) in [6, 6.07) is 0. The first kappa shape index (κ1) is 11.4. The molecule has 0 aromatic rings. The molecule has 2 rings (SSSR count). The molecule has 0 aromatic carbocycles. The Hall–Kier alpha value is -0.0900. The van der Waals surface area contributed by atoms with Crippen molar-refractivity contribution in [2.75, 3.05) is 25.1 Å². The van der Waals surface area contributed by atoms with Crippen molar-refractivity contribution >= 4 is 21.8 Å². The summed E-state index contributed by atoms with van der Waals surface area (Å²) in [4.78, 5) is 11.7. The number of ether oxygens (including phenoxy) is 1. The van der Waals surface area contributed by atoms with E-state index in [0.29, 0.717) is 37.5 Å². The third-order valence-electron chi connectivity index (χ3n) is 3.48. The van der Waals surface area contributed by atoms with E-state index in [1.165, 1.54) is 19.3 Å². The molecule has 0 spiro atoms. The summed E-state index contributed by atoms with van der Waals surface area (Å²) in [6.07, 6.45) is 3.86. The molecular weight excluding hydrogens is 258 g/mol. The van der Waals surface area contributed by atoms with E-state index < -0.39 is 0 Å². The van der Waals surface area contributed by atoms with Crippen molar-refractivity contribution in [3.63, 3.8) is 0 Å². The second-order valence-corrected chi connectivity index (χ2v) is 5.17. The van der Waals surface area contributed by atoms with Crippen LogP contribution >= 0.6 is 15.9 Å². The van der Waals surface area contributed by atoms with E-state index in [0.717, 1.165) is 5.33 Å². The highest BCUT2D eigenvalue weighted by atomic mass is 79.9. The molecule has 4 heteroatoms. The maximum Gasteiger partial charge on any atom is 0.223 e. The van der Waals surface area contributed by atoms with Crippen LogP contribution in [-0.4, -0.2) is 31.0 Å². The SMILES string of the molecule is O=C(NCCOCCBr)C1C2CCCC21. The number of rotatable bonds is 6. The molecular formula is C11H18BrNO2. The molecule has 1 N–H and O–H groups in total. The summed E-state index contributed by atoms with van der Waals surface area (Å²) in [5.41, 5.74) is 0. The lowest BCUT2D eigenvalue weighted by atomic mass is 10.1. The summed E-state index contributed by atoms with van der Waals surface area (Å²) < 4.78 is 5.27. The van der Waals surface area contributed by atoms with Gasteiger partial charge >= 0.3 is 0 Å². The molecule has 2 aliphatic carbocycles. The zero-order valence-corrected chi connectivity index (χ0v) is 10.5. The highest BCUT2D eigenvalue weighted by molar-refractivity contribution is 9.09. The van der Waals surface area contributed by atoms with Crippen LogP contribution in [0.2, 0.25) is 0 Å². The van der Waals surface area contributed by atoms with Gasteiger partial charge in [-0.15, -0.1) is 0 Å². The predicted octanol–water partition coefficient (Wildman–Crippen LogP) is 1.56. The summed E-state index contributed by atoms with van der Waals surface area (Å²) >= 11 is 3.28. The minimum atomic E-state index is 0.257. The van der Waals surface area contributed by atoms with Crippen LogP contribution in [0, 0.1) is 17.8 Å². The lowest BCUT2D eigenvalue weighted by molar-refractivity contribution is -0.123. The molecule has 2 aliphatic rings. The Morgan fingerprint density at radius 1 is 1.33 bits per heavy atom. The fourth-order valence-electron chi connectivity index (χ4n) is 2.73. The van der Waals surface area contributed by atoms with Crippen molar-refractivity contribution < 1.29 is 9.53 Å². The lowest BCUT2D eigenvalue weighted by Crippen LogP contribution is -2.30. The first-order chi connectivity index (χ1) is 7.34. The van der Waals surface area contributed by atoms with Gasteiger partial charge in [-0.2, -0.15) is 0 Å². The lowest BCUT2D eigenvalue weighted by Gasteiger charge is -2.06. The Labute approximate surface area is 99.1 Å². The second kappa shape index (κ2) is 5.30. The Kier molecular flexibility index (Phi) is 4.03. The maximum absolute atomic E-state index is 11.7. The molecule has 2 fully saturated rings. The van der Waals surface area contributed by atoms with Crippen molar-refractivity contribution in [3.8, 4) is 0 Å². The van der Waals surface area contributed by atoms with E-state index in [1.54, 1.807) is 0 Å². The van der Waals surface area contributed by atoms with Gasteiger partial charge in [-0.25, -0.2) is 0 Å². The molecule has 2 saturated carbocycles. The van der Waals surface area contributed by atoms with Crippen LogP contribution in [0.4, 0.5) is 0 Å². The topological polar surface area (TPSA) is 38.3 Å². The van der Waals surface area contributed by atoms with Gasteiger partial charge in [0, 0.05) is 17.8 Å². The molecule has 0 bridgehead atoms. The fraction of sp³-hybridized carbons (Fsp3) is 0.909. The largest absolute Gasteiger partial charge is 0.379 e. The highest BCUT2D eigenvalue weighted by Crippen LogP contribution is 2.57. The van der Waals surface area contributed by atoms with Crippen LogP contribution in [0.5, 0.6) is 0 Å². The van der Waals surface area contributed by atoms with E-state index >= 15 is 0 Å². The van der Waals surface area contributed by atoms with Crippen LogP contribution in [0.15, 0.2) is 0 Å². The Morgan fingerprint density at radius 2 is 2.07 bits per heavy atom. The van der Waals surface area contributed by atoms with Gasteiger partial charge in [-0.05, 0) is 24.7 Å². The summed E-state index contributed by atoms with van der Waals surface area (Å²) in [5.74, 6) is 2.03. The van der Waals surface area contributed by atoms with E-state index in [1.807, 2.05) is 0 Å². The third kappa shape index (κ3) is 2.72. The van der Waals surface area contributed by atoms with Crippen molar-refractivity contribution in [1.29, 1.82) is 0 Å². The number of nitrogens with one attached hydrogen (secondary N) is 1. The average molecular weight is 276 g/mol. The summed E-state index contributed by atoms with van der Waals surface area (Å²) in [5, 5.41) is 3.81. The third-order valence-corrected chi connectivity index (χ3v) is 3.80. The molecule has 0 aliphatic heterocycles. The molecule has 2 atom stereocenters. The minimum Gasteiger partial charge on any atom is -0.379 e. The predicted molar refractivity (Wildman–Crippen MR) is 61.9 cm³/mol. The van der Waals surface area contributed by atoms with Crippen molar-refractivity contribution in [1.82, 2.24) is 5.32 Å². The zero-order chi connectivity index (χ0) is 10.7. The van der Waals surface area contributed by atoms with Crippen molar-refractivity contribution in [2.24, 2.45) is 17.8 Å². The minimum absolute atomic E-state index is 0.257. The van der Waals surface area contributed by atoms with Crippen LogP contribution < -0.4 is 5.32 Å². The second-order valence-electron chi connectivity index (χ2n) is 4.38. The quantitative estimate of drug-likeness (QED) is 0.590. The number of hydrogen-bond acceptors (Lipinski definition) is 2. The molecule has 0 saturated heterocycles. The summed E-state index contributed by atoms with van der Waals surface area (Å²) in [7, 11) is 0. The average Bonchev–Trinajstić information content (AvgIpc) is 2.72. The Balaban J connectivity index is 1.54. The van der Waals surface area contributed by atoms with Gasteiger partial charge in [0.15, 0.2) is 0 Å². The normalized spacial score (nSPS) is 32.5. The zero-order valence-electron chi connectivity index (χ0n) is 8.88. The number of fused-ring (bicyclic) bond motifs is 1. The van der Waals surface area contributed by atoms with E-state index in [9.17, 15) is 4.79 Å². The van der Waals surface area contributed by atoms with Gasteiger partial charge < -0.3 is 10.1 Å². The van der Waals surface area contributed by atoms with E-state index in [2.05, 4.69) is 21.2 Å². The van der Waals surface area contributed by atoms with Crippen LogP contribution in [-0.2, 0) is 9.53 Å². The number of alkyl halides is 1. The first-order valence-electron chi connectivity index (χ1n) is 5.76. The molecule has 0 radical (unpaired) electrons. The standard InChI is InChI=1S/C11H18BrNO2/c12-4-6-15-7-5-13-11(14)10-8-2-1-3-9(8)10/h8-10H,1-7H2,(H,13,14). The van der Waals surface area contributed by atoms with Gasteiger partial charge in [0.1, 0.15) is 0 Å². The highest BCUT2D eigenvalue weighted by Gasteiger charge is 2.56. The molecule has 1 amide bonds. The van der Waals surface area contributed by atoms with Gasteiger partial charge in [0.2, 0.25) is 5.91 Å². The van der Waals surface area contributed by atoms with Crippen LogP contribution in [0.25, 0.3) is 0 Å². The number of carbonyl (C=O) groups excluding carboxylic acids is 1. The van der Waals surface area contributed by atoms with Gasteiger partial charge in [0.25, 0.3) is 0 Å². The van der Waals surface area contributed by atoms with E-state index in [-0.39, 0.29) is 5.91 Å². The smallest absolute Gasteiger partial charge is 0.223 e. The summed E-state index contributed by atoms with van der Waals surface area (Å²) in [6.45, 7) is 1.99. The van der Waals surface area contributed by atoms with Crippen LogP contribution in [0.1, 0.15) is 19.3 Å². The number of hydrogen-bond donors (Lipinski definition) is 1.